The average molecular weight is 444 g/mol. The standard InChI is InChI=1S/C19H23F3N4O3S/c1-23-7-6-17(19(20,21)22)24-29-16-4-2-14(3-5-16)15-8-25(9-15)26-10-18(11-26)12-30(27,28)13-18/h2-7,15,24H,8-13H2,1H3/b17-6-,23-7?. The molecule has 3 saturated heterocycles. The summed E-state index contributed by atoms with van der Waals surface area (Å²) in [4.78, 5) is 8.57. The van der Waals surface area contributed by atoms with Crippen LogP contribution in [-0.4, -0.2) is 75.6 Å². The summed E-state index contributed by atoms with van der Waals surface area (Å²) in [6.07, 6.45) is -2.74. The van der Waals surface area contributed by atoms with Crippen LogP contribution in [0, 0.1) is 5.41 Å². The first-order valence-corrected chi connectivity index (χ1v) is 11.3. The van der Waals surface area contributed by atoms with Crippen molar-refractivity contribution in [3.8, 4) is 5.75 Å². The molecular formula is C19H23F3N4O3S. The monoisotopic (exact) mass is 444 g/mol. The molecule has 11 heteroatoms. The summed E-state index contributed by atoms with van der Waals surface area (Å²) in [5.74, 6) is 1.22. The van der Waals surface area contributed by atoms with Crippen LogP contribution in [0.15, 0.2) is 41.0 Å². The molecule has 164 valence electrons. The highest BCUT2D eigenvalue weighted by molar-refractivity contribution is 7.92. The summed E-state index contributed by atoms with van der Waals surface area (Å²) in [5.41, 5.74) is 1.96. The molecule has 0 aliphatic carbocycles. The summed E-state index contributed by atoms with van der Waals surface area (Å²) in [6.45, 7) is 3.29. The van der Waals surface area contributed by atoms with Crippen molar-refractivity contribution >= 4 is 16.1 Å². The number of nitrogens with zero attached hydrogens (tertiary/aromatic N) is 3. The third-order valence-electron chi connectivity index (χ3n) is 5.68. The summed E-state index contributed by atoms with van der Waals surface area (Å²) < 4.78 is 61.5. The SMILES string of the molecule is CN=C/C=C(\NOc1ccc(C2CN(N3CC4(C3)CS(=O)(=O)C4)C2)cc1)C(F)(F)F. The predicted molar refractivity (Wildman–Crippen MR) is 106 cm³/mol. The van der Waals surface area contributed by atoms with E-state index in [2.05, 4.69) is 15.0 Å². The number of benzene rings is 1. The van der Waals surface area contributed by atoms with E-state index < -0.39 is 21.7 Å². The van der Waals surface area contributed by atoms with E-state index in [9.17, 15) is 21.6 Å². The van der Waals surface area contributed by atoms with Gasteiger partial charge in [0.2, 0.25) is 0 Å². The summed E-state index contributed by atoms with van der Waals surface area (Å²) in [6, 6.07) is 6.95. The molecule has 3 aliphatic rings. The van der Waals surface area contributed by atoms with Crippen LogP contribution in [0.4, 0.5) is 13.2 Å². The lowest BCUT2D eigenvalue weighted by molar-refractivity contribution is -0.176. The van der Waals surface area contributed by atoms with Gasteiger partial charge in [0.1, 0.15) is 0 Å². The number of hydroxylamine groups is 1. The summed E-state index contributed by atoms with van der Waals surface area (Å²) >= 11 is 0. The minimum Gasteiger partial charge on any atom is -0.382 e. The van der Waals surface area contributed by atoms with E-state index in [1.807, 2.05) is 17.6 Å². The molecule has 1 spiro atoms. The van der Waals surface area contributed by atoms with Gasteiger partial charge in [0.15, 0.2) is 21.3 Å². The number of aliphatic imine (C=N–C) groups is 1. The van der Waals surface area contributed by atoms with Crippen LogP contribution < -0.4 is 10.3 Å². The number of rotatable bonds is 6. The fourth-order valence-electron chi connectivity index (χ4n) is 4.16. The van der Waals surface area contributed by atoms with Crippen molar-refractivity contribution in [3.63, 3.8) is 0 Å². The fourth-order valence-corrected chi connectivity index (χ4v) is 6.30. The molecule has 0 unspecified atom stereocenters. The van der Waals surface area contributed by atoms with Crippen LogP contribution >= 0.6 is 0 Å². The van der Waals surface area contributed by atoms with Gasteiger partial charge in [-0.1, -0.05) is 12.1 Å². The molecule has 0 aromatic heterocycles. The van der Waals surface area contributed by atoms with Gasteiger partial charge in [0.25, 0.3) is 0 Å². The van der Waals surface area contributed by atoms with Crippen molar-refractivity contribution < 1.29 is 26.4 Å². The van der Waals surface area contributed by atoms with Crippen molar-refractivity contribution in [1.82, 2.24) is 15.5 Å². The van der Waals surface area contributed by atoms with E-state index in [1.54, 1.807) is 12.1 Å². The minimum absolute atomic E-state index is 0.0252. The van der Waals surface area contributed by atoms with E-state index in [1.165, 1.54) is 7.05 Å². The Labute approximate surface area is 173 Å². The molecule has 0 atom stereocenters. The highest BCUT2D eigenvalue weighted by Gasteiger charge is 2.57. The fraction of sp³-hybridized carbons (Fsp3) is 0.526. The first kappa shape index (κ1) is 21.1. The molecule has 1 N–H and O–H groups in total. The Balaban J connectivity index is 1.24. The van der Waals surface area contributed by atoms with E-state index in [-0.39, 0.29) is 11.2 Å². The van der Waals surface area contributed by atoms with Crippen LogP contribution in [0.1, 0.15) is 11.5 Å². The topological polar surface area (TPSA) is 74.2 Å². The van der Waals surface area contributed by atoms with Crippen LogP contribution in [0.5, 0.6) is 5.75 Å². The van der Waals surface area contributed by atoms with Gasteiger partial charge < -0.3 is 4.84 Å². The molecule has 3 aliphatic heterocycles. The largest absolute Gasteiger partial charge is 0.434 e. The number of nitrogens with one attached hydrogen (secondary N) is 1. The van der Waals surface area contributed by atoms with Gasteiger partial charge in [-0.25, -0.2) is 23.9 Å². The van der Waals surface area contributed by atoms with Gasteiger partial charge in [-0.2, -0.15) is 13.2 Å². The number of allylic oxidation sites excluding steroid dienone is 2. The van der Waals surface area contributed by atoms with Crippen LogP contribution in [0.3, 0.4) is 0 Å². The van der Waals surface area contributed by atoms with Crippen molar-refractivity contribution in [2.24, 2.45) is 10.4 Å². The Morgan fingerprint density at radius 2 is 1.83 bits per heavy atom. The Bertz CT molecular complexity index is 934. The third-order valence-corrected chi connectivity index (χ3v) is 7.78. The molecule has 3 fully saturated rings. The molecule has 1 aromatic rings. The molecule has 0 saturated carbocycles. The highest BCUT2D eigenvalue weighted by Crippen LogP contribution is 2.44. The number of hydrogen-bond acceptors (Lipinski definition) is 7. The Morgan fingerprint density at radius 1 is 1.20 bits per heavy atom. The Kier molecular flexibility index (Phi) is 5.31. The quantitative estimate of drug-likeness (QED) is 0.533. The Morgan fingerprint density at radius 3 is 2.37 bits per heavy atom. The lowest BCUT2D eigenvalue weighted by Gasteiger charge is -2.60. The van der Waals surface area contributed by atoms with Crippen molar-refractivity contribution in [3.05, 3.63) is 41.6 Å². The predicted octanol–water partition coefficient (Wildman–Crippen LogP) is 1.76. The second kappa shape index (κ2) is 7.54. The number of sulfone groups is 1. The van der Waals surface area contributed by atoms with Gasteiger partial charge in [-0.3, -0.25) is 4.99 Å². The van der Waals surface area contributed by atoms with E-state index in [0.717, 1.165) is 44.0 Å². The van der Waals surface area contributed by atoms with Crippen LogP contribution in [0.25, 0.3) is 0 Å². The lowest BCUT2D eigenvalue weighted by Crippen LogP contribution is -2.74. The summed E-state index contributed by atoms with van der Waals surface area (Å²) in [7, 11) is -1.42. The molecule has 0 bridgehead atoms. The van der Waals surface area contributed by atoms with Crippen molar-refractivity contribution in [1.29, 1.82) is 0 Å². The van der Waals surface area contributed by atoms with E-state index >= 15 is 0 Å². The van der Waals surface area contributed by atoms with Gasteiger partial charge in [-0.05, 0) is 23.8 Å². The average Bonchev–Trinajstić information content (AvgIpc) is 2.57. The van der Waals surface area contributed by atoms with Crippen molar-refractivity contribution in [2.75, 3.05) is 44.7 Å². The first-order valence-electron chi connectivity index (χ1n) is 9.52. The zero-order valence-corrected chi connectivity index (χ0v) is 17.2. The normalized spacial score (nSPS) is 24.3. The minimum atomic E-state index is -4.57. The molecule has 30 heavy (non-hydrogen) atoms. The van der Waals surface area contributed by atoms with Crippen molar-refractivity contribution in [2.45, 2.75) is 12.1 Å². The first-order chi connectivity index (χ1) is 14.1. The van der Waals surface area contributed by atoms with E-state index in [4.69, 9.17) is 4.84 Å². The Hall–Kier alpha value is -2.11. The van der Waals surface area contributed by atoms with E-state index in [0.29, 0.717) is 17.4 Å². The van der Waals surface area contributed by atoms with Gasteiger partial charge >= 0.3 is 6.18 Å². The van der Waals surface area contributed by atoms with Gasteiger partial charge in [0, 0.05) is 50.8 Å². The molecule has 7 nitrogen and oxygen atoms in total. The molecule has 3 heterocycles. The molecule has 4 rings (SSSR count). The van der Waals surface area contributed by atoms with Crippen LogP contribution in [-0.2, 0) is 9.84 Å². The maximum atomic E-state index is 12.9. The third kappa shape index (κ3) is 4.33. The molecule has 1 aromatic carbocycles. The zero-order chi connectivity index (χ0) is 21.6. The smallest absolute Gasteiger partial charge is 0.382 e. The second-order valence-corrected chi connectivity index (χ2v) is 10.2. The highest BCUT2D eigenvalue weighted by atomic mass is 32.2. The molecule has 0 radical (unpaired) electrons. The second-order valence-electron chi connectivity index (χ2n) is 8.18. The summed E-state index contributed by atoms with van der Waals surface area (Å²) in [5, 5.41) is 4.43. The van der Waals surface area contributed by atoms with Gasteiger partial charge in [0.05, 0.1) is 11.5 Å². The van der Waals surface area contributed by atoms with Gasteiger partial charge in [-0.15, -0.1) is 0 Å². The number of hydrogen-bond donors (Lipinski definition) is 1. The maximum absolute atomic E-state index is 12.9. The number of halogens is 3. The number of alkyl halides is 3. The molecule has 0 amide bonds. The zero-order valence-electron chi connectivity index (χ0n) is 16.4. The molecular weight excluding hydrogens is 421 g/mol. The lowest BCUT2D eigenvalue weighted by atomic mass is 9.83. The number of hydrazine groups is 1. The maximum Gasteiger partial charge on any atom is 0.434 e. The van der Waals surface area contributed by atoms with Crippen LogP contribution in [0.2, 0.25) is 0 Å².